The molecule has 1 unspecified atom stereocenters. The third-order valence-electron chi connectivity index (χ3n) is 3.08. The number of halogens is 1. The smallest absolute Gasteiger partial charge is 0.239 e. The van der Waals surface area contributed by atoms with Gasteiger partial charge in [0, 0.05) is 24.7 Å². The van der Waals surface area contributed by atoms with Crippen LogP contribution < -0.4 is 5.32 Å². The van der Waals surface area contributed by atoms with Crippen molar-refractivity contribution in [3.8, 4) is 0 Å². The molecule has 4 heteroatoms. The van der Waals surface area contributed by atoms with Crippen LogP contribution >= 0.6 is 11.6 Å². The molecule has 0 aromatic heterocycles. The number of carbonyl (C=O) groups excluding carboxylic acids is 1. The van der Waals surface area contributed by atoms with Crippen LogP contribution in [0.5, 0.6) is 0 Å². The zero-order valence-electron chi connectivity index (χ0n) is 10.2. The molecule has 1 aliphatic rings. The van der Waals surface area contributed by atoms with Crippen LogP contribution in [0.25, 0.3) is 0 Å². The van der Waals surface area contributed by atoms with Gasteiger partial charge in [0.1, 0.15) is 0 Å². The molecule has 2 rings (SSSR count). The topological polar surface area (TPSA) is 32.3 Å². The van der Waals surface area contributed by atoms with Gasteiger partial charge in [-0.2, -0.15) is 0 Å². The van der Waals surface area contributed by atoms with Crippen LogP contribution in [0.15, 0.2) is 18.2 Å². The zero-order valence-corrected chi connectivity index (χ0v) is 10.9. The highest BCUT2D eigenvalue weighted by Crippen LogP contribution is 2.20. The molecular formula is C13H17ClN2O. The third kappa shape index (κ3) is 2.79. The predicted octanol–water partition coefficient (Wildman–Crippen LogP) is 1.97. The Kier molecular flexibility index (Phi) is 3.69. The first-order chi connectivity index (χ1) is 8.08. The van der Waals surface area contributed by atoms with Crippen molar-refractivity contribution in [3.63, 3.8) is 0 Å². The van der Waals surface area contributed by atoms with Gasteiger partial charge >= 0.3 is 0 Å². The minimum atomic E-state index is -0.0898. The standard InChI is InChI=1S/C13H17ClN2O/c1-9-3-4-11(12(14)7-9)8-16-6-5-15-10(2)13(16)17/h3-4,7,10,15H,5-6,8H2,1-2H3. The van der Waals surface area contributed by atoms with E-state index >= 15 is 0 Å². The summed E-state index contributed by atoms with van der Waals surface area (Å²) < 4.78 is 0. The summed E-state index contributed by atoms with van der Waals surface area (Å²) in [6, 6.07) is 5.87. The van der Waals surface area contributed by atoms with E-state index in [1.165, 1.54) is 0 Å². The Morgan fingerprint density at radius 2 is 2.29 bits per heavy atom. The van der Waals surface area contributed by atoms with Crippen LogP contribution in [0.1, 0.15) is 18.1 Å². The van der Waals surface area contributed by atoms with Crippen molar-refractivity contribution in [2.24, 2.45) is 0 Å². The highest BCUT2D eigenvalue weighted by atomic mass is 35.5. The fraction of sp³-hybridized carbons (Fsp3) is 0.462. The van der Waals surface area contributed by atoms with Crippen molar-refractivity contribution >= 4 is 17.5 Å². The number of hydrogen-bond acceptors (Lipinski definition) is 2. The van der Waals surface area contributed by atoms with Crippen LogP contribution in [-0.2, 0) is 11.3 Å². The lowest BCUT2D eigenvalue weighted by Crippen LogP contribution is -2.53. The molecular weight excluding hydrogens is 236 g/mol. The van der Waals surface area contributed by atoms with E-state index in [2.05, 4.69) is 5.32 Å². The molecule has 1 N–H and O–H groups in total. The maximum atomic E-state index is 11.9. The Morgan fingerprint density at radius 1 is 1.53 bits per heavy atom. The van der Waals surface area contributed by atoms with Gasteiger partial charge in [0.15, 0.2) is 0 Å². The Balaban J connectivity index is 2.12. The number of rotatable bonds is 2. The van der Waals surface area contributed by atoms with Gasteiger partial charge in [0.05, 0.1) is 6.04 Å². The summed E-state index contributed by atoms with van der Waals surface area (Å²) in [5.74, 6) is 0.146. The molecule has 1 aromatic rings. The fourth-order valence-corrected chi connectivity index (χ4v) is 2.33. The first-order valence-corrected chi connectivity index (χ1v) is 6.23. The quantitative estimate of drug-likeness (QED) is 0.873. The maximum absolute atomic E-state index is 11.9. The van der Waals surface area contributed by atoms with E-state index in [9.17, 15) is 4.79 Å². The molecule has 3 nitrogen and oxygen atoms in total. The number of piperazine rings is 1. The van der Waals surface area contributed by atoms with Crippen LogP contribution in [0.4, 0.5) is 0 Å². The lowest BCUT2D eigenvalue weighted by Gasteiger charge is -2.31. The normalized spacial score (nSPS) is 20.8. The van der Waals surface area contributed by atoms with E-state index in [-0.39, 0.29) is 11.9 Å². The van der Waals surface area contributed by atoms with Crippen molar-refractivity contribution in [2.45, 2.75) is 26.4 Å². The van der Waals surface area contributed by atoms with Gasteiger partial charge in [0.25, 0.3) is 0 Å². The summed E-state index contributed by atoms with van der Waals surface area (Å²) in [6.07, 6.45) is 0. The van der Waals surface area contributed by atoms with Gasteiger partial charge in [-0.15, -0.1) is 0 Å². The second-order valence-electron chi connectivity index (χ2n) is 4.53. The van der Waals surface area contributed by atoms with Crippen molar-refractivity contribution < 1.29 is 4.79 Å². The number of nitrogens with zero attached hydrogens (tertiary/aromatic N) is 1. The van der Waals surface area contributed by atoms with Gasteiger partial charge in [-0.25, -0.2) is 0 Å². The molecule has 0 saturated carbocycles. The molecule has 17 heavy (non-hydrogen) atoms. The Bertz CT molecular complexity index is 433. The number of hydrogen-bond donors (Lipinski definition) is 1. The number of nitrogens with one attached hydrogen (secondary N) is 1. The van der Waals surface area contributed by atoms with Crippen LogP contribution in [0, 0.1) is 6.92 Å². The molecule has 0 aliphatic carbocycles. The van der Waals surface area contributed by atoms with E-state index in [1.54, 1.807) is 0 Å². The summed E-state index contributed by atoms with van der Waals surface area (Å²) in [5.41, 5.74) is 2.15. The van der Waals surface area contributed by atoms with E-state index in [0.29, 0.717) is 6.54 Å². The van der Waals surface area contributed by atoms with Crippen molar-refractivity contribution in [2.75, 3.05) is 13.1 Å². The summed E-state index contributed by atoms with van der Waals surface area (Å²) in [6.45, 7) is 6.09. The number of benzene rings is 1. The first-order valence-electron chi connectivity index (χ1n) is 5.85. The van der Waals surface area contributed by atoms with Crippen molar-refractivity contribution in [1.29, 1.82) is 0 Å². The van der Waals surface area contributed by atoms with Gasteiger partial charge < -0.3 is 10.2 Å². The molecule has 1 atom stereocenters. The average molecular weight is 253 g/mol. The second kappa shape index (κ2) is 5.07. The number of carbonyl (C=O) groups is 1. The monoisotopic (exact) mass is 252 g/mol. The lowest BCUT2D eigenvalue weighted by molar-refractivity contribution is -0.135. The summed E-state index contributed by atoms with van der Waals surface area (Å²) in [4.78, 5) is 13.8. The van der Waals surface area contributed by atoms with Crippen molar-refractivity contribution in [1.82, 2.24) is 10.2 Å². The van der Waals surface area contributed by atoms with E-state index < -0.39 is 0 Å². The molecule has 92 valence electrons. The Hall–Kier alpha value is -1.06. The highest BCUT2D eigenvalue weighted by molar-refractivity contribution is 6.31. The molecule has 0 bridgehead atoms. The van der Waals surface area contributed by atoms with E-state index in [1.807, 2.05) is 36.9 Å². The van der Waals surface area contributed by atoms with Gasteiger partial charge in [0.2, 0.25) is 5.91 Å². The van der Waals surface area contributed by atoms with Gasteiger partial charge in [-0.3, -0.25) is 4.79 Å². The average Bonchev–Trinajstić information content (AvgIpc) is 2.28. The third-order valence-corrected chi connectivity index (χ3v) is 3.44. The molecule has 1 heterocycles. The van der Waals surface area contributed by atoms with Crippen LogP contribution in [-0.4, -0.2) is 29.9 Å². The molecule has 0 radical (unpaired) electrons. The SMILES string of the molecule is Cc1ccc(CN2CCNC(C)C2=O)c(Cl)c1. The van der Waals surface area contributed by atoms with Crippen molar-refractivity contribution in [3.05, 3.63) is 34.3 Å². The number of amides is 1. The summed E-state index contributed by atoms with van der Waals surface area (Å²) >= 11 is 6.18. The molecule has 1 amide bonds. The van der Waals surface area contributed by atoms with Gasteiger partial charge in [-0.05, 0) is 31.0 Å². The molecule has 1 saturated heterocycles. The minimum Gasteiger partial charge on any atom is -0.336 e. The largest absolute Gasteiger partial charge is 0.336 e. The zero-order chi connectivity index (χ0) is 12.4. The lowest BCUT2D eigenvalue weighted by atomic mass is 10.1. The molecule has 1 aliphatic heterocycles. The fourth-order valence-electron chi connectivity index (χ4n) is 2.03. The van der Waals surface area contributed by atoms with Crippen LogP contribution in [0.2, 0.25) is 5.02 Å². The first kappa shape index (κ1) is 12.4. The summed E-state index contributed by atoms with van der Waals surface area (Å²) in [7, 11) is 0. The predicted molar refractivity (Wildman–Crippen MR) is 69.1 cm³/mol. The molecule has 1 fully saturated rings. The summed E-state index contributed by atoms with van der Waals surface area (Å²) in [5, 5.41) is 3.89. The van der Waals surface area contributed by atoms with E-state index in [0.717, 1.165) is 29.2 Å². The maximum Gasteiger partial charge on any atom is 0.239 e. The Morgan fingerprint density at radius 3 is 3.00 bits per heavy atom. The highest BCUT2D eigenvalue weighted by Gasteiger charge is 2.24. The number of aryl methyl sites for hydroxylation is 1. The molecule has 0 spiro atoms. The van der Waals surface area contributed by atoms with Crippen LogP contribution in [0.3, 0.4) is 0 Å². The van der Waals surface area contributed by atoms with E-state index in [4.69, 9.17) is 11.6 Å². The van der Waals surface area contributed by atoms with Gasteiger partial charge in [-0.1, -0.05) is 23.7 Å². The Labute approximate surface area is 107 Å². The second-order valence-corrected chi connectivity index (χ2v) is 4.94. The minimum absolute atomic E-state index is 0.0898. The molecule has 1 aromatic carbocycles.